The van der Waals surface area contributed by atoms with Gasteiger partial charge in [-0.3, -0.25) is 0 Å². The van der Waals surface area contributed by atoms with E-state index < -0.39 is 0 Å². The first kappa shape index (κ1) is 14.1. The highest BCUT2D eigenvalue weighted by molar-refractivity contribution is 7.13. The minimum Gasteiger partial charge on any atom is -0.326 e. The molecule has 3 aromatic carbocycles. The number of fused-ring (bicyclic) bond motifs is 1. The number of aromatic nitrogens is 1. The molecule has 23 heavy (non-hydrogen) atoms. The number of nitrogens with zero attached hydrogens (tertiary/aromatic N) is 1. The molecule has 0 spiro atoms. The predicted molar refractivity (Wildman–Crippen MR) is 98.4 cm³/mol. The van der Waals surface area contributed by atoms with Crippen molar-refractivity contribution in [3.63, 3.8) is 0 Å². The Hall–Kier alpha value is -2.49. The monoisotopic (exact) mass is 316 g/mol. The molecule has 2 nitrogen and oxygen atoms in total. The summed E-state index contributed by atoms with van der Waals surface area (Å²) >= 11 is 1.67. The lowest BCUT2D eigenvalue weighted by atomic mass is 10.1. The lowest BCUT2D eigenvalue weighted by molar-refractivity contribution is 1.07. The molecule has 0 aliphatic rings. The summed E-state index contributed by atoms with van der Waals surface area (Å²) in [5, 5.41) is 5.64. The van der Waals surface area contributed by atoms with Gasteiger partial charge in [-0.2, -0.15) is 0 Å². The second-order valence-electron chi connectivity index (χ2n) is 5.50. The molecule has 0 aliphatic carbocycles. The fourth-order valence-electron chi connectivity index (χ4n) is 2.72. The Bertz CT molecular complexity index is 972. The molecule has 0 aliphatic heterocycles. The number of thiazole rings is 1. The second kappa shape index (κ2) is 5.95. The summed E-state index contributed by atoms with van der Waals surface area (Å²) in [6.45, 7) is 0.552. The maximum atomic E-state index is 5.73. The van der Waals surface area contributed by atoms with E-state index in [4.69, 9.17) is 10.7 Å². The van der Waals surface area contributed by atoms with Crippen LogP contribution < -0.4 is 5.73 Å². The first-order chi connectivity index (χ1) is 11.3. The van der Waals surface area contributed by atoms with Crippen LogP contribution in [0.2, 0.25) is 0 Å². The van der Waals surface area contributed by atoms with Gasteiger partial charge < -0.3 is 5.73 Å². The van der Waals surface area contributed by atoms with E-state index in [-0.39, 0.29) is 0 Å². The molecule has 2 N–H and O–H groups in total. The van der Waals surface area contributed by atoms with Crippen LogP contribution in [-0.4, -0.2) is 4.98 Å². The zero-order valence-electron chi connectivity index (χ0n) is 12.6. The molecule has 0 saturated heterocycles. The van der Waals surface area contributed by atoms with Crippen LogP contribution in [0.15, 0.2) is 72.1 Å². The zero-order chi connectivity index (χ0) is 15.6. The van der Waals surface area contributed by atoms with Gasteiger partial charge in [0.25, 0.3) is 0 Å². The fraction of sp³-hybridized carbons (Fsp3) is 0.0500. The minimum absolute atomic E-state index is 0.552. The Morgan fingerprint density at radius 1 is 0.826 bits per heavy atom. The zero-order valence-corrected chi connectivity index (χ0v) is 13.4. The molecule has 4 aromatic rings. The van der Waals surface area contributed by atoms with E-state index in [1.54, 1.807) is 11.3 Å². The van der Waals surface area contributed by atoms with Crippen molar-refractivity contribution in [3.05, 3.63) is 77.7 Å². The van der Waals surface area contributed by atoms with Crippen molar-refractivity contribution in [1.82, 2.24) is 4.98 Å². The van der Waals surface area contributed by atoms with Crippen LogP contribution in [0.3, 0.4) is 0 Å². The lowest BCUT2D eigenvalue weighted by Gasteiger charge is -2.02. The minimum atomic E-state index is 0.552. The van der Waals surface area contributed by atoms with Crippen molar-refractivity contribution in [2.45, 2.75) is 6.54 Å². The third-order valence-corrected chi connectivity index (χ3v) is 4.85. The van der Waals surface area contributed by atoms with Gasteiger partial charge in [0.2, 0.25) is 0 Å². The average molecular weight is 316 g/mol. The Kier molecular flexibility index (Phi) is 3.66. The predicted octanol–water partition coefficient (Wildman–Crippen LogP) is 5.09. The van der Waals surface area contributed by atoms with E-state index in [0.29, 0.717) is 6.54 Å². The maximum absolute atomic E-state index is 5.73. The highest BCUT2D eigenvalue weighted by Gasteiger charge is 2.07. The third-order valence-electron chi connectivity index (χ3n) is 3.96. The van der Waals surface area contributed by atoms with Crippen molar-refractivity contribution >= 4 is 22.1 Å². The van der Waals surface area contributed by atoms with Gasteiger partial charge in [-0.25, -0.2) is 4.98 Å². The highest BCUT2D eigenvalue weighted by atomic mass is 32.1. The molecule has 0 bridgehead atoms. The van der Waals surface area contributed by atoms with E-state index in [0.717, 1.165) is 27.4 Å². The molecule has 0 radical (unpaired) electrons. The third kappa shape index (κ3) is 2.77. The van der Waals surface area contributed by atoms with Crippen LogP contribution in [0.1, 0.15) is 5.56 Å². The van der Waals surface area contributed by atoms with E-state index in [9.17, 15) is 0 Å². The lowest BCUT2D eigenvalue weighted by Crippen LogP contribution is -1.95. The van der Waals surface area contributed by atoms with Gasteiger partial charge in [0, 0.05) is 23.1 Å². The quantitative estimate of drug-likeness (QED) is 0.572. The van der Waals surface area contributed by atoms with Crippen LogP contribution in [-0.2, 0) is 6.54 Å². The van der Waals surface area contributed by atoms with Crippen LogP contribution in [0.4, 0.5) is 0 Å². The van der Waals surface area contributed by atoms with Gasteiger partial charge in [-0.1, -0.05) is 54.6 Å². The smallest absolute Gasteiger partial charge is 0.124 e. The summed E-state index contributed by atoms with van der Waals surface area (Å²) in [5.74, 6) is 0. The first-order valence-electron chi connectivity index (χ1n) is 7.57. The standard InChI is InChI=1S/C20H16N2S/c21-12-14-4-3-7-18(10-14)20-22-19(13-23-20)17-9-8-15-5-1-2-6-16(15)11-17/h1-11,13H,12,21H2. The second-order valence-corrected chi connectivity index (χ2v) is 6.36. The van der Waals surface area contributed by atoms with Gasteiger partial charge in [-0.05, 0) is 28.5 Å². The topological polar surface area (TPSA) is 38.9 Å². The van der Waals surface area contributed by atoms with Gasteiger partial charge >= 0.3 is 0 Å². The average Bonchev–Trinajstić information content (AvgIpc) is 3.11. The van der Waals surface area contributed by atoms with Crippen LogP contribution in [0.5, 0.6) is 0 Å². The van der Waals surface area contributed by atoms with Gasteiger partial charge in [0.1, 0.15) is 5.01 Å². The number of hydrogen-bond acceptors (Lipinski definition) is 3. The Balaban J connectivity index is 1.73. The molecular weight excluding hydrogens is 300 g/mol. The van der Waals surface area contributed by atoms with Gasteiger partial charge in [0.15, 0.2) is 0 Å². The Morgan fingerprint density at radius 2 is 1.70 bits per heavy atom. The summed E-state index contributed by atoms with van der Waals surface area (Å²) in [7, 11) is 0. The SMILES string of the molecule is NCc1cccc(-c2nc(-c3ccc4ccccc4c3)cs2)c1. The fourth-order valence-corrected chi connectivity index (χ4v) is 3.55. The summed E-state index contributed by atoms with van der Waals surface area (Å²) in [6, 6.07) is 23.2. The molecule has 1 heterocycles. The molecular formula is C20H16N2S. The Labute approximate surface area is 139 Å². The van der Waals surface area contributed by atoms with Gasteiger partial charge in [0.05, 0.1) is 5.69 Å². The number of nitrogens with two attached hydrogens (primary N) is 1. The van der Waals surface area contributed by atoms with Crippen molar-refractivity contribution in [1.29, 1.82) is 0 Å². The van der Waals surface area contributed by atoms with Crippen LogP contribution in [0, 0.1) is 0 Å². The highest BCUT2D eigenvalue weighted by Crippen LogP contribution is 2.30. The van der Waals surface area contributed by atoms with Crippen molar-refractivity contribution in [3.8, 4) is 21.8 Å². The number of hydrogen-bond donors (Lipinski definition) is 1. The molecule has 0 unspecified atom stereocenters. The molecule has 0 saturated carbocycles. The summed E-state index contributed by atoms with van der Waals surface area (Å²) in [6.07, 6.45) is 0. The molecule has 3 heteroatoms. The number of rotatable bonds is 3. The molecule has 1 aromatic heterocycles. The van der Waals surface area contributed by atoms with Crippen molar-refractivity contribution in [2.24, 2.45) is 5.73 Å². The van der Waals surface area contributed by atoms with Crippen LogP contribution >= 0.6 is 11.3 Å². The van der Waals surface area contributed by atoms with E-state index in [2.05, 4.69) is 60.0 Å². The number of benzene rings is 3. The molecule has 0 amide bonds. The largest absolute Gasteiger partial charge is 0.326 e. The summed E-state index contributed by atoms with van der Waals surface area (Å²) in [5.41, 5.74) is 10.2. The molecule has 112 valence electrons. The van der Waals surface area contributed by atoms with Crippen molar-refractivity contribution < 1.29 is 0 Å². The first-order valence-corrected chi connectivity index (χ1v) is 8.45. The molecule has 0 fully saturated rings. The van der Waals surface area contributed by atoms with Crippen LogP contribution in [0.25, 0.3) is 32.6 Å². The van der Waals surface area contributed by atoms with Crippen molar-refractivity contribution in [2.75, 3.05) is 0 Å². The van der Waals surface area contributed by atoms with E-state index >= 15 is 0 Å². The summed E-state index contributed by atoms with van der Waals surface area (Å²) in [4.78, 5) is 4.81. The Morgan fingerprint density at radius 3 is 2.57 bits per heavy atom. The van der Waals surface area contributed by atoms with Gasteiger partial charge in [-0.15, -0.1) is 11.3 Å². The maximum Gasteiger partial charge on any atom is 0.124 e. The normalized spacial score (nSPS) is 11.0. The molecule has 0 atom stereocenters. The molecule has 4 rings (SSSR count). The summed E-state index contributed by atoms with van der Waals surface area (Å²) < 4.78 is 0. The van der Waals surface area contributed by atoms with E-state index in [1.807, 2.05) is 12.1 Å². The van der Waals surface area contributed by atoms with E-state index in [1.165, 1.54) is 10.8 Å².